The van der Waals surface area contributed by atoms with Gasteiger partial charge in [0.05, 0.1) is 5.69 Å². The van der Waals surface area contributed by atoms with E-state index in [1.54, 1.807) is 0 Å². The van der Waals surface area contributed by atoms with E-state index in [0.29, 0.717) is 18.4 Å². The summed E-state index contributed by atoms with van der Waals surface area (Å²) in [4.78, 5) is 19.0. The molecule has 3 rings (SSSR count). The van der Waals surface area contributed by atoms with Gasteiger partial charge in [-0.3, -0.25) is 4.79 Å². The molecule has 2 heterocycles. The zero-order valence-corrected chi connectivity index (χ0v) is 14.8. The van der Waals surface area contributed by atoms with E-state index in [1.807, 2.05) is 36.4 Å². The second-order valence-corrected chi connectivity index (χ2v) is 6.90. The molecule has 2 aromatic rings. The van der Waals surface area contributed by atoms with Gasteiger partial charge in [-0.1, -0.05) is 0 Å². The van der Waals surface area contributed by atoms with Gasteiger partial charge in [0.2, 0.25) is 5.91 Å². The summed E-state index contributed by atoms with van der Waals surface area (Å²) in [6.45, 7) is 8.21. The second-order valence-electron chi connectivity index (χ2n) is 6.90. The van der Waals surface area contributed by atoms with Crippen molar-refractivity contribution in [3.63, 3.8) is 0 Å². The molecule has 5 heteroatoms. The van der Waals surface area contributed by atoms with Crippen LogP contribution in [0, 0.1) is 26.7 Å². The number of amides is 1. The van der Waals surface area contributed by atoms with Crippen molar-refractivity contribution in [1.29, 1.82) is 0 Å². The maximum absolute atomic E-state index is 12.5. The van der Waals surface area contributed by atoms with Crippen molar-refractivity contribution in [1.82, 2.24) is 19.5 Å². The van der Waals surface area contributed by atoms with Crippen LogP contribution in [0.4, 0.5) is 0 Å². The minimum absolute atomic E-state index is 0.222. The van der Waals surface area contributed by atoms with Gasteiger partial charge in [0.25, 0.3) is 0 Å². The molecule has 5 nitrogen and oxygen atoms in total. The van der Waals surface area contributed by atoms with Gasteiger partial charge in [0.1, 0.15) is 0 Å². The molecule has 0 saturated heterocycles. The molecule has 1 fully saturated rings. The van der Waals surface area contributed by atoms with Crippen molar-refractivity contribution < 1.29 is 4.79 Å². The van der Waals surface area contributed by atoms with E-state index in [-0.39, 0.29) is 5.91 Å². The van der Waals surface area contributed by atoms with Crippen molar-refractivity contribution in [3.05, 3.63) is 28.7 Å². The quantitative estimate of drug-likeness (QED) is 0.852. The molecule has 0 radical (unpaired) electrons. The lowest BCUT2D eigenvalue weighted by atomic mass is 10.1. The monoisotopic (exact) mass is 314 g/mol. The summed E-state index contributed by atoms with van der Waals surface area (Å²) < 4.78 is 1.89. The lowest BCUT2D eigenvalue weighted by Crippen LogP contribution is -2.36. The predicted molar refractivity (Wildman–Crippen MR) is 90.5 cm³/mol. The molecular weight excluding hydrogens is 288 g/mol. The average molecular weight is 314 g/mol. The highest BCUT2D eigenvalue weighted by atomic mass is 16.2. The highest BCUT2D eigenvalue weighted by Gasteiger charge is 2.32. The third-order valence-corrected chi connectivity index (χ3v) is 5.18. The number of hydrogen-bond acceptors (Lipinski definition) is 3. The first-order valence-electron chi connectivity index (χ1n) is 8.46. The van der Waals surface area contributed by atoms with E-state index in [0.717, 1.165) is 34.7 Å². The van der Waals surface area contributed by atoms with Crippen LogP contribution in [-0.2, 0) is 11.2 Å². The van der Waals surface area contributed by atoms with Gasteiger partial charge in [0, 0.05) is 37.0 Å². The minimum atomic E-state index is 0.222. The van der Waals surface area contributed by atoms with Crippen LogP contribution in [0.2, 0.25) is 0 Å². The number of aryl methyl sites for hydroxylation is 3. The van der Waals surface area contributed by atoms with Crippen LogP contribution in [0.25, 0.3) is 5.65 Å². The Labute approximate surface area is 137 Å². The summed E-state index contributed by atoms with van der Waals surface area (Å²) in [5.74, 6) is 0.928. The van der Waals surface area contributed by atoms with Crippen LogP contribution >= 0.6 is 0 Å². The van der Waals surface area contributed by atoms with E-state index in [1.165, 1.54) is 12.8 Å². The third kappa shape index (κ3) is 3.09. The maximum atomic E-state index is 12.5. The SMILES string of the molecule is Cc1cc2nc(C)c(CCC(=O)N(C)[C@H](C)C3CC3)c(C)n2n1. The summed E-state index contributed by atoms with van der Waals surface area (Å²) in [6, 6.07) is 2.35. The highest BCUT2D eigenvalue weighted by molar-refractivity contribution is 5.76. The summed E-state index contributed by atoms with van der Waals surface area (Å²) in [5.41, 5.74) is 5.08. The minimum Gasteiger partial charge on any atom is -0.343 e. The number of fused-ring (bicyclic) bond motifs is 1. The lowest BCUT2D eigenvalue weighted by Gasteiger charge is -2.25. The lowest BCUT2D eigenvalue weighted by molar-refractivity contribution is -0.132. The van der Waals surface area contributed by atoms with Crippen LogP contribution in [0.3, 0.4) is 0 Å². The Kier molecular flexibility index (Phi) is 4.13. The molecule has 2 aromatic heterocycles. The first kappa shape index (κ1) is 16.0. The number of carbonyl (C=O) groups is 1. The number of rotatable bonds is 5. The Bertz CT molecular complexity index is 745. The summed E-state index contributed by atoms with van der Waals surface area (Å²) >= 11 is 0. The molecule has 1 atom stereocenters. The van der Waals surface area contributed by atoms with E-state index >= 15 is 0 Å². The first-order chi connectivity index (χ1) is 10.9. The predicted octanol–water partition coefficient (Wildman–Crippen LogP) is 2.84. The fraction of sp³-hybridized carbons (Fsp3) is 0.611. The molecule has 0 aromatic carbocycles. The van der Waals surface area contributed by atoms with E-state index in [4.69, 9.17) is 0 Å². The normalized spacial score (nSPS) is 15.9. The Morgan fingerprint density at radius 1 is 1.39 bits per heavy atom. The number of hydrogen-bond donors (Lipinski definition) is 0. The maximum Gasteiger partial charge on any atom is 0.222 e. The molecule has 0 spiro atoms. The Morgan fingerprint density at radius 3 is 2.74 bits per heavy atom. The van der Waals surface area contributed by atoms with Crippen molar-refractivity contribution in [2.24, 2.45) is 5.92 Å². The van der Waals surface area contributed by atoms with Crippen molar-refractivity contribution in [2.45, 2.75) is 59.4 Å². The summed E-state index contributed by atoms with van der Waals surface area (Å²) in [6.07, 6.45) is 3.77. The number of carbonyl (C=O) groups excluding carboxylic acids is 1. The van der Waals surface area contributed by atoms with Crippen LogP contribution in [0.1, 0.15) is 48.8 Å². The number of aromatic nitrogens is 3. The molecule has 0 N–H and O–H groups in total. The topological polar surface area (TPSA) is 50.5 Å². The van der Waals surface area contributed by atoms with Gasteiger partial charge in [-0.25, -0.2) is 9.50 Å². The highest BCUT2D eigenvalue weighted by Crippen LogP contribution is 2.34. The smallest absolute Gasteiger partial charge is 0.222 e. The van der Waals surface area contributed by atoms with Gasteiger partial charge < -0.3 is 4.90 Å². The van der Waals surface area contributed by atoms with Crippen molar-refractivity contribution in [2.75, 3.05) is 7.05 Å². The molecule has 23 heavy (non-hydrogen) atoms. The molecule has 1 aliphatic carbocycles. The molecule has 1 saturated carbocycles. The van der Waals surface area contributed by atoms with Gasteiger partial charge in [-0.15, -0.1) is 0 Å². The molecule has 124 valence electrons. The van der Waals surface area contributed by atoms with Crippen LogP contribution in [0.5, 0.6) is 0 Å². The molecule has 0 unspecified atom stereocenters. The Balaban J connectivity index is 1.74. The second kappa shape index (κ2) is 5.95. The van der Waals surface area contributed by atoms with Crippen LogP contribution in [-0.4, -0.2) is 38.5 Å². The standard InChI is InChI=1S/C18H26N4O/c1-11-10-17-19-12(2)16(14(4)22(17)20-11)8-9-18(23)21(5)13(3)15-6-7-15/h10,13,15H,6-9H2,1-5H3/t13-/m1/s1. The molecule has 1 aliphatic rings. The Morgan fingerprint density at radius 2 is 2.09 bits per heavy atom. The molecular formula is C18H26N4O. The van der Waals surface area contributed by atoms with Gasteiger partial charge in [-0.05, 0) is 58.4 Å². The zero-order chi connectivity index (χ0) is 16.7. The Hall–Kier alpha value is -1.91. The fourth-order valence-corrected chi connectivity index (χ4v) is 3.33. The largest absolute Gasteiger partial charge is 0.343 e. The molecule has 0 aliphatic heterocycles. The van der Waals surface area contributed by atoms with Gasteiger partial charge in [-0.2, -0.15) is 5.10 Å². The number of nitrogens with zero attached hydrogens (tertiary/aromatic N) is 4. The van der Waals surface area contributed by atoms with E-state index in [9.17, 15) is 4.79 Å². The van der Waals surface area contributed by atoms with Gasteiger partial charge >= 0.3 is 0 Å². The summed E-state index contributed by atoms with van der Waals surface area (Å²) in [7, 11) is 1.93. The van der Waals surface area contributed by atoms with Crippen molar-refractivity contribution >= 4 is 11.6 Å². The van der Waals surface area contributed by atoms with Crippen LogP contribution < -0.4 is 0 Å². The van der Waals surface area contributed by atoms with Crippen molar-refractivity contribution in [3.8, 4) is 0 Å². The van der Waals surface area contributed by atoms with Crippen LogP contribution in [0.15, 0.2) is 6.07 Å². The fourth-order valence-electron chi connectivity index (χ4n) is 3.33. The summed E-state index contributed by atoms with van der Waals surface area (Å²) in [5, 5.41) is 4.50. The van der Waals surface area contributed by atoms with Gasteiger partial charge in [0.15, 0.2) is 5.65 Å². The van der Waals surface area contributed by atoms with E-state index < -0.39 is 0 Å². The third-order valence-electron chi connectivity index (χ3n) is 5.18. The van der Waals surface area contributed by atoms with E-state index in [2.05, 4.69) is 23.9 Å². The average Bonchev–Trinajstić information content (AvgIpc) is 3.28. The molecule has 1 amide bonds. The zero-order valence-electron chi connectivity index (χ0n) is 14.8. The molecule has 0 bridgehead atoms. The first-order valence-corrected chi connectivity index (χ1v) is 8.46.